The van der Waals surface area contributed by atoms with Crippen LogP contribution in [0.5, 0.6) is 0 Å². The van der Waals surface area contributed by atoms with Crippen molar-refractivity contribution in [2.45, 2.75) is 32.7 Å². The van der Waals surface area contributed by atoms with Crippen LogP contribution in [0.3, 0.4) is 0 Å². The number of esters is 1. The summed E-state index contributed by atoms with van der Waals surface area (Å²) < 4.78 is 4.79. The SMILES string of the molecule is COC(=O)C(C(C)C)N(C)C(=O)C1CCNCC1. The molecule has 0 aromatic rings. The average molecular weight is 256 g/mol. The Morgan fingerprint density at radius 3 is 2.28 bits per heavy atom. The van der Waals surface area contributed by atoms with Crippen molar-refractivity contribution in [1.82, 2.24) is 10.2 Å². The molecule has 1 fully saturated rings. The van der Waals surface area contributed by atoms with Gasteiger partial charge in [0.05, 0.1) is 7.11 Å². The maximum atomic E-state index is 12.4. The summed E-state index contributed by atoms with van der Waals surface area (Å²) in [5.41, 5.74) is 0. The van der Waals surface area contributed by atoms with Crippen LogP contribution in [0.1, 0.15) is 26.7 Å². The number of carbonyl (C=O) groups excluding carboxylic acids is 2. The van der Waals surface area contributed by atoms with Crippen molar-refractivity contribution in [3.8, 4) is 0 Å². The van der Waals surface area contributed by atoms with Crippen molar-refractivity contribution < 1.29 is 14.3 Å². The van der Waals surface area contributed by atoms with Crippen molar-refractivity contribution >= 4 is 11.9 Å². The molecule has 0 aromatic heterocycles. The summed E-state index contributed by atoms with van der Waals surface area (Å²) in [6.07, 6.45) is 1.68. The van der Waals surface area contributed by atoms with E-state index < -0.39 is 6.04 Å². The van der Waals surface area contributed by atoms with E-state index in [2.05, 4.69) is 5.32 Å². The highest BCUT2D eigenvalue weighted by Gasteiger charge is 2.34. The highest BCUT2D eigenvalue weighted by molar-refractivity contribution is 5.85. The highest BCUT2D eigenvalue weighted by Crippen LogP contribution is 2.19. The minimum absolute atomic E-state index is 0.0298. The number of hydrogen-bond donors (Lipinski definition) is 1. The molecule has 1 unspecified atom stereocenters. The predicted molar refractivity (Wildman–Crippen MR) is 69.0 cm³/mol. The van der Waals surface area contributed by atoms with E-state index >= 15 is 0 Å². The van der Waals surface area contributed by atoms with Crippen LogP contribution in [0, 0.1) is 11.8 Å². The molecule has 1 heterocycles. The number of likely N-dealkylation sites (N-methyl/N-ethyl adjacent to an activating group) is 1. The topological polar surface area (TPSA) is 58.6 Å². The molecule has 1 amide bonds. The maximum Gasteiger partial charge on any atom is 0.328 e. The van der Waals surface area contributed by atoms with E-state index in [-0.39, 0.29) is 23.7 Å². The van der Waals surface area contributed by atoms with Gasteiger partial charge in [-0.1, -0.05) is 13.8 Å². The van der Waals surface area contributed by atoms with E-state index in [0.29, 0.717) is 0 Å². The number of methoxy groups -OCH3 is 1. The summed E-state index contributed by atoms with van der Waals surface area (Å²) >= 11 is 0. The normalized spacial score (nSPS) is 18.5. The third kappa shape index (κ3) is 3.45. The summed E-state index contributed by atoms with van der Waals surface area (Å²) in [5.74, 6) is -0.203. The molecular weight excluding hydrogens is 232 g/mol. The molecule has 0 aromatic carbocycles. The van der Waals surface area contributed by atoms with Gasteiger partial charge in [0.25, 0.3) is 0 Å². The lowest BCUT2D eigenvalue weighted by Gasteiger charge is -2.33. The fraction of sp³-hybridized carbons (Fsp3) is 0.846. The predicted octanol–water partition coefficient (Wildman–Crippen LogP) is 0.642. The maximum absolute atomic E-state index is 12.4. The molecule has 1 saturated heterocycles. The second-order valence-corrected chi connectivity index (χ2v) is 5.19. The lowest BCUT2D eigenvalue weighted by molar-refractivity contribution is -0.155. The molecule has 5 heteroatoms. The van der Waals surface area contributed by atoms with E-state index in [1.54, 1.807) is 11.9 Å². The molecule has 0 aliphatic carbocycles. The molecule has 0 saturated carbocycles. The fourth-order valence-electron chi connectivity index (χ4n) is 2.49. The third-order valence-electron chi connectivity index (χ3n) is 3.53. The zero-order valence-corrected chi connectivity index (χ0v) is 11.7. The third-order valence-corrected chi connectivity index (χ3v) is 3.53. The number of amides is 1. The molecule has 18 heavy (non-hydrogen) atoms. The standard InChI is InChI=1S/C13H24N2O3/c1-9(2)11(13(17)18-4)15(3)12(16)10-5-7-14-8-6-10/h9-11,14H,5-8H2,1-4H3. The quantitative estimate of drug-likeness (QED) is 0.750. The summed E-state index contributed by atoms with van der Waals surface area (Å²) in [7, 11) is 3.06. The molecule has 0 spiro atoms. The van der Waals surface area contributed by atoms with Gasteiger partial charge < -0.3 is 15.0 Å². The first kappa shape index (κ1) is 15.0. The number of ether oxygens (including phenoxy) is 1. The van der Waals surface area contributed by atoms with E-state index in [1.165, 1.54) is 7.11 Å². The monoisotopic (exact) mass is 256 g/mol. The van der Waals surface area contributed by atoms with Gasteiger partial charge in [-0.15, -0.1) is 0 Å². The summed E-state index contributed by atoms with van der Waals surface area (Å²) in [4.78, 5) is 25.7. The molecule has 1 N–H and O–H groups in total. The molecule has 5 nitrogen and oxygen atoms in total. The highest BCUT2D eigenvalue weighted by atomic mass is 16.5. The molecule has 1 aliphatic rings. The van der Waals surface area contributed by atoms with Crippen LogP contribution in [0.15, 0.2) is 0 Å². The molecule has 1 rings (SSSR count). The average Bonchev–Trinajstić information content (AvgIpc) is 2.38. The Morgan fingerprint density at radius 1 is 1.28 bits per heavy atom. The van der Waals surface area contributed by atoms with E-state index in [9.17, 15) is 9.59 Å². The van der Waals surface area contributed by atoms with Gasteiger partial charge in [0.1, 0.15) is 6.04 Å². The molecule has 104 valence electrons. The Balaban J connectivity index is 2.72. The van der Waals surface area contributed by atoms with E-state index in [1.807, 2.05) is 13.8 Å². The van der Waals surface area contributed by atoms with Crippen molar-refractivity contribution in [1.29, 1.82) is 0 Å². The van der Waals surface area contributed by atoms with Crippen LogP contribution in [0.2, 0.25) is 0 Å². The number of hydrogen-bond acceptors (Lipinski definition) is 4. The fourth-order valence-corrected chi connectivity index (χ4v) is 2.49. The Hall–Kier alpha value is -1.10. The number of piperidine rings is 1. The van der Waals surface area contributed by atoms with Gasteiger partial charge in [0.15, 0.2) is 0 Å². The molecule has 0 bridgehead atoms. The molecule has 1 aliphatic heterocycles. The largest absolute Gasteiger partial charge is 0.467 e. The summed E-state index contributed by atoms with van der Waals surface area (Å²) in [6.45, 7) is 5.59. The summed E-state index contributed by atoms with van der Waals surface area (Å²) in [6, 6.07) is -0.489. The van der Waals surface area contributed by atoms with Crippen LogP contribution < -0.4 is 5.32 Å². The number of nitrogens with one attached hydrogen (secondary N) is 1. The number of carbonyl (C=O) groups is 2. The zero-order chi connectivity index (χ0) is 13.7. The number of rotatable bonds is 4. The van der Waals surface area contributed by atoms with Crippen molar-refractivity contribution in [2.24, 2.45) is 11.8 Å². The van der Waals surface area contributed by atoms with Crippen LogP contribution in [0.25, 0.3) is 0 Å². The first-order chi connectivity index (χ1) is 8.49. The van der Waals surface area contributed by atoms with Crippen molar-refractivity contribution in [2.75, 3.05) is 27.2 Å². The lowest BCUT2D eigenvalue weighted by Crippen LogP contribution is -2.49. The summed E-state index contributed by atoms with van der Waals surface area (Å²) in [5, 5.41) is 3.23. The number of nitrogens with zero attached hydrogens (tertiary/aromatic N) is 1. The Kier molecular flexibility index (Phi) is 5.59. The second-order valence-electron chi connectivity index (χ2n) is 5.19. The van der Waals surface area contributed by atoms with Gasteiger partial charge in [0, 0.05) is 13.0 Å². The van der Waals surface area contributed by atoms with Gasteiger partial charge in [0.2, 0.25) is 5.91 Å². The first-order valence-electron chi connectivity index (χ1n) is 6.54. The van der Waals surface area contributed by atoms with Gasteiger partial charge in [-0.05, 0) is 31.8 Å². The van der Waals surface area contributed by atoms with Crippen LogP contribution in [-0.2, 0) is 14.3 Å². The molecular formula is C13H24N2O3. The molecule has 0 radical (unpaired) electrons. The van der Waals surface area contributed by atoms with E-state index in [0.717, 1.165) is 25.9 Å². The lowest BCUT2D eigenvalue weighted by atomic mass is 9.94. The Labute approximate surface area is 109 Å². The van der Waals surface area contributed by atoms with Crippen LogP contribution in [-0.4, -0.2) is 50.1 Å². The van der Waals surface area contributed by atoms with Crippen LogP contribution >= 0.6 is 0 Å². The second kappa shape index (κ2) is 6.73. The van der Waals surface area contributed by atoms with Crippen molar-refractivity contribution in [3.63, 3.8) is 0 Å². The minimum Gasteiger partial charge on any atom is -0.467 e. The van der Waals surface area contributed by atoms with Gasteiger partial charge in [-0.3, -0.25) is 4.79 Å². The smallest absolute Gasteiger partial charge is 0.328 e. The van der Waals surface area contributed by atoms with Crippen LogP contribution in [0.4, 0.5) is 0 Å². The molecule has 1 atom stereocenters. The van der Waals surface area contributed by atoms with E-state index in [4.69, 9.17) is 4.74 Å². The van der Waals surface area contributed by atoms with Crippen molar-refractivity contribution in [3.05, 3.63) is 0 Å². The van der Waals surface area contributed by atoms with Gasteiger partial charge in [-0.2, -0.15) is 0 Å². The Morgan fingerprint density at radius 2 is 1.83 bits per heavy atom. The minimum atomic E-state index is -0.489. The Bertz CT molecular complexity index is 299. The van der Waals surface area contributed by atoms with Gasteiger partial charge in [-0.25, -0.2) is 4.79 Å². The van der Waals surface area contributed by atoms with Gasteiger partial charge >= 0.3 is 5.97 Å². The zero-order valence-electron chi connectivity index (χ0n) is 11.7. The first-order valence-corrected chi connectivity index (χ1v) is 6.54.